The molecule has 1 heterocycles. The maximum absolute atomic E-state index is 13.1. The van der Waals surface area contributed by atoms with Crippen LogP contribution in [0.3, 0.4) is 0 Å². The van der Waals surface area contributed by atoms with Gasteiger partial charge in [-0.1, -0.05) is 0 Å². The van der Waals surface area contributed by atoms with E-state index in [1.807, 2.05) is 0 Å². The van der Waals surface area contributed by atoms with Crippen molar-refractivity contribution in [1.82, 2.24) is 4.98 Å². The molecular weight excluding hydrogens is 279 g/mol. The van der Waals surface area contributed by atoms with Crippen molar-refractivity contribution in [2.24, 2.45) is 0 Å². The second-order valence-corrected chi connectivity index (χ2v) is 3.24. The Morgan fingerprint density at radius 2 is 2.20 bits per heavy atom. The Balaban J connectivity index is 3.25. The van der Waals surface area contributed by atoms with Gasteiger partial charge in [-0.15, -0.1) is 0 Å². The molecule has 0 unspecified atom stereocenters. The van der Waals surface area contributed by atoms with Crippen molar-refractivity contribution in [2.45, 2.75) is 6.43 Å². The minimum absolute atomic E-state index is 0.278. The summed E-state index contributed by atoms with van der Waals surface area (Å²) in [5.74, 6) is -2.16. The molecule has 15 heavy (non-hydrogen) atoms. The van der Waals surface area contributed by atoms with Crippen molar-refractivity contribution >= 4 is 21.9 Å². The van der Waals surface area contributed by atoms with Gasteiger partial charge < -0.3 is 4.74 Å². The normalized spacial score (nSPS) is 10.5. The fraction of sp³-hybridized carbons (Fsp3) is 0.250. The van der Waals surface area contributed by atoms with Gasteiger partial charge in [-0.05, 0) is 22.0 Å². The summed E-state index contributed by atoms with van der Waals surface area (Å²) in [7, 11) is 1.04. The fourth-order valence-electron chi connectivity index (χ4n) is 0.873. The highest BCUT2D eigenvalue weighted by atomic mass is 79.9. The zero-order valence-corrected chi connectivity index (χ0v) is 9.02. The predicted octanol–water partition coefficient (Wildman–Crippen LogP) is 2.71. The topological polar surface area (TPSA) is 39.2 Å². The van der Waals surface area contributed by atoms with E-state index < -0.39 is 29.5 Å². The zero-order chi connectivity index (χ0) is 11.6. The standard InChI is InChI=1S/C8H5BrF3NO2/c1-15-8(14)5-4(10)2-3(7(11)12)6(9)13-5/h2,7H,1H3. The Kier molecular flexibility index (Phi) is 3.67. The van der Waals surface area contributed by atoms with Gasteiger partial charge in [0, 0.05) is 0 Å². The Labute approximate surface area is 91.4 Å². The van der Waals surface area contributed by atoms with Crippen molar-refractivity contribution in [3.8, 4) is 0 Å². The first-order valence-corrected chi connectivity index (χ1v) is 4.49. The number of hydrogen-bond donors (Lipinski definition) is 0. The van der Waals surface area contributed by atoms with Crippen molar-refractivity contribution in [2.75, 3.05) is 7.11 Å². The number of carbonyl (C=O) groups is 1. The van der Waals surface area contributed by atoms with Crippen molar-refractivity contribution in [3.05, 3.63) is 27.7 Å². The summed E-state index contributed by atoms with van der Waals surface area (Å²) in [5.41, 5.74) is -1.24. The van der Waals surface area contributed by atoms with Gasteiger partial charge in [-0.2, -0.15) is 0 Å². The van der Waals surface area contributed by atoms with E-state index in [-0.39, 0.29) is 4.60 Å². The van der Waals surface area contributed by atoms with Crippen LogP contribution < -0.4 is 0 Å². The molecule has 0 aliphatic rings. The van der Waals surface area contributed by atoms with Crippen LogP contribution in [0.5, 0.6) is 0 Å². The molecule has 0 bridgehead atoms. The summed E-state index contributed by atoms with van der Waals surface area (Å²) < 4.78 is 41.6. The first-order valence-electron chi connectivity index (χ1n) is 3.69. The highest BCUT2D eigenvalue weighted by molar-refractivity contribution is 9.10. The van der Waals surface area contributed by atoms with E-state index >= 15 is 0 Å². The largest absolute Gasteiger partial charge is 0.464 e. The van der Waals surface area contributed by atoms with Crippen LogP contribution in [0, 0.1) is 5.82 Å². The molecule has 0 aromatic carbocycles. The van der Waals surface area contributed by atoms with E-state index in [0.717, 1.165) is 7.11 Å². The Bertz CT molecular complexity index is 398. The third kappa shape index (κ3) is 2.47. The van der Waals surface area contributed by atoms with Gasteiger partial charge in [-0.3, -0.25) is 0 Å². The van der Waals surface area contributed by atoms with E-state index in [0.29, 0.717) is 6.07 Å². The maximum atomic E-state index is 13.1. The molecule has 0 amide bonds. The van der Waals surface area contributed by atoms with Gasteiger partial charge in [0.15, 0.2) is 11.5 Å². The molecule has 0 aliphatic heterocycles. The molecule has 7 heteroatoms. The summed E-state index contributed by atoms with van der Waals surface area (Å²) in [6.45, 7) is 0. The molecule has 0 atom stereocenters. The van der Waals surface area contributed by atoms with Crippen LogP contribution in [0.2, 0.25) is 0 Å². The van der Waals surface area contributed by atoms with Crippen LogP contribution >= 0.6 is 15.9 Å². The third-order valence-electron chi connectivity index (χ3n) is 1.57. The van der Waals surface area contributed by atoms with Crippen LogP contribution in [0.25, 0.3) is 0 Å². The number of halogens is 4. The Morgan fingerprint density at radius 1 is 1.60 bits per heavy atom. The zero-order valence-electron chi connectivity index (χ0n) is 7.43. The molecule has 0 spiro atoms. The number of aromatic nitrogens is 1. The molecule has 1 rings (SSSR count). The molecule has 0 N–H and O–H groups in total. The lowest BCUT2D eigenvalue weighted by molar-refractivity contribution is 0.0587. The Hall–Kier alpha value is -1.11. The highest BCUT2D eigenvalue weighted by Crippen LogP contribution is 2.27. The van der Waals surface area contributed by atoms with E-state index in [2.05, 4.69) is 25.7 Å². The van der Waals surface area contributed by atoms with Gasteiger partial charge >= 0.3 is 5.97 Å². The summed E-state index contributed by atoms with van der Waals surface area (Å²) in [6, 6.07) is 0.550. The molecule has 1 aromatic rings. The van der Waals surface area contributed by atoms with Crippen molar-refractivity contribution in [3.63, 3.8) is 0 Å². The van der Waals surface area contributed by atoms with Crippen molar-refractivity contribution in [1.29, 1.82) is 0 Å². The molecule has 0 saturated heterocycles. The maximum Gasteiger partial charge on any atom is 0.359 e. The Morgan fingerprint density at radius 3 is 2.67 bits per heavy atom. The number of carbonyl (C=O) groups excluding carboxylic acids is 1. The number of rotatable bonds is 2. The lowest BCUT2D eigenvalue weighted by Gasteiger charge is -2.05. The van der Waals surface area contributed by atoms with Crippen molar-refractivity contribution < 1.29 is 22.7 Å². The fourth-order valence-corrected chi connectivity index (χ4v) is 1.34. The first kappa shape index (κ1) is 12.0. The smallest absolute Gasteiger partial charge is 0.359 e. The minimum atomic E-state index is -2.87. The molecule has 0 aliphatic carbocycles. The molecular formula is C8H5BrF3NO2. The second-order valence-electron chi connectivity index (χ2n) is 2.49. The molecule has 0 fully saturated rings. The van der Waals surface area contributed by atoms with Gasteiger partial charge in [0.25, 0.3) is 6.43 Å². The SMILES string of the molecule is COC(=O)c1nc(Br)c(C(F)F)cc1F. The van der Waals surface area contributed by atoms with Crippen LogP contribution in [-0.4, -0.2) is 18.1 Å². The number of pyridine rings is 1. The summed E-state index contributed by atoms with van der Waals surface area (Å²) >= 11 is 2.71. The second kappa shape index (κ2) is 4.61. The van der Waals surface area contributed by atoms with Crippen LogP contribution in [-0.2, 0) is 4.74 Å². The van der Waals surface area contributed by atoms with Gasteiger partial charge in [0.05, 0.1) is 12.7 Å². The van der Waals surface area contributed by atoms with Crippen LogP contribution in [0.15, 0.2) is 10.7 Å². The number of hydrogen-bond acceptors (Lipinski definition) is 3. The van der Waals surface area contributed by atoms with E-state index in [1.54, 1.807) is 0 Å². The number of ether oxygens (including phenoxy) is 1. The lowest BCUT2D eigenvalue weighted by atomic mass is 10.2. The summed E-state index contributed by atoms with van der Waals surface area (Å²) in [4.78, 5) is 14.3. The molecule has 1 aromatic heterocycles. The predicted molar refractivity (Wildman–Crippen MR) is 48.2 cm³/mol. The number of alkyl halides is 2. The van der Waals surface area contributed by atoms with Crippen LogP contribution in [0.1, 0.15) is 22.5 Å². The van der Waals surface area contributed by atoms with E-state index in [1.165, 1.54) is 0 Å². The molecule has 0 saturated carbocycles. The summed E-state index contributed by atoms with van der Waals surface area (Å²) in [6.07, 6.45) is -2.87. The minimum Gasteiger partial charge on any atom is -0.464 e. The third-order valence-corrected chi connectivity index (χ3v) is 2.21. The number of nitrogens with zero attached hydrogens (tertiary/aromatic N) is 1. The monoisotopic (exact) mass is 283 g/mol. The number of methoxy groups -OCH3 is 1. The lowest BCUT2D eigenvalue weighted by Crippen LogP contribution is -2.09. The van der Waals surface area contributed by atoms with Gasteiger partial charge in [0.2, 0.25) is 0 Å². The quantitative estimate of drug-likeness (QED) is 0.619. The van der Waals surface area contributed by atoms with E-state index in [4.69, 9.17) is 0 Å². The number of esters is 1. The van der Waals surface area contributed by atoms with Gasteiger partial charge in [0.1, 0.15) is 4.60 Å². The molecule has 3 nitrogen and oxygen atoms in total. The molecule has 82 valence electrons. The average molecular weight is 284 g/mol. The van der Waals surface area contributed by atoms with Crippen LogP contribution in [0.4, 0.5) is 13.2 Å². The average Bonchev–Trinajstić information content (AvgIpc) is 2.19. The first-order chi connectivity index (χ1) is 6.97. The van der Waals surface area contributed by atoms with E-state index in [9.17, 15) is 18.0 Å². The molecule has 0 radical (unpaired) electrons. The van der Waals surface area contributed by atoms with Gasteiger partial charge in [-0.25, -0.2) is 22.9 Å². The highest BCUT2D eigenvalue weighted by Gasteiger charge is 2.21. The summed E-state index contributed by atoms with van der Waals surface area (Å²) in [5, 5.41) is 0.